The summed E-state index contributed by atoms with van der Waals surface area (Å²) in [4.78, 5) is 8.88. The molecule has 0 rings (SSSR count). The van der Waals surface area contributed by atoms with Crippen LogP contribution < -0.4 is 0 Å². The van der Waals surface area contributed by atoms with E-state index >= 15 is 0 Å². The van der Waals surface area contributed by atoms with Gasteiger partial charge in [0.05, 0.1) is 19.8 Å². The minimum absolute atomic E-state index is 0.166. The van der Waals surface area contributed by atoms with Crippen molar-refractivity contribution in [3.05, 3.63) is 0 Å². The fourth-order valence-corrected chi connectivity index (χ4v) is 1.96. The molecule has 16 heavy (non-hydrogen) atoms. The number of hydrogen-bond donors (Lipinski definition) is 4. The van der Waals surface area contributed by atoms with Gasteiger partial charge in [0.2, 0.25) is 0 Å². The van der Waals surface area contributed by atoms with Gasteiger partial charge in [-0.15, -0.1) is 0 Å². The van der Waals surface area contributed by atoms with E-state index in [1.54, 1.807) is 0 Å². The molecule has 0 saturated carbocycles. The molecule has 0 aromatic carbocycles. The third-order valence-corrected chi connectivity index (χ3v) is 3.33. The van der Waals surface area contributed by atoms with E-state index in [4.69, 9.17) is 4.89 Å². The molecule has 7 heteroatoms. The molecule has 3 N–H and O–H groups in total. The molecule has 0 aromatic heterocycles. The van der Waals surface area contributed by atoms with Gasteiger partial charge < -0.3 is 19.6 Å². The standard InChI is InChI=1S/C9H21O5PS/c1-2-3-4-5-9(6-10,7-11)8-14-15(12,13)16/h10-11H,2-8H2,1H3,(H2,12,13,16). The van der Waals surface area contributed by atoms with E-state index in [0.717, 1.165) is 19.3 Å². The SMILES string of the molecule is CCCCCC(CO)(CO)COP(=O)(O)S. The second kappa shape index (κ2) is 7.69. The average Bonchev–Trinajstić information content (AvgIpc) is 2.23. The van der Waals surface area contributed by atoms with Crippen LogP contribution in [0.2, 0.25) is 0 Å². The van der Waals surface area contributed by atoms with Crippen LogP contribution in [-0.4, -0.2) is 34.9 Å². The van der Waals surface area contributed by atoms with E-state index in [0.29, 0.717) is 6.42 Å². The Morgan fingerprint density at radius 3 is 2.25 bits per heavy atom. The molecule has 0 amide bonds. The second-order valence-corrected chi connectivity index (χ2v) is 6.79. The van der Waals surface area contributed by atoms with E-state index in [1.807, 2.05) is 6.92 Å². The Hall–Kier alpha value is 0.420. The zero-order valence-corrected chi connectivity index (χ0v) is 11.3. The Morgan fingerprint density at radius 1 is 1.31 bits per heavy atom. The first-order chi connectivity index (χ1) is 7.39. The van der Waals surface area contributed by atoms with Crippen molar-refractivity contribution in [1.82, 2.24) is 0 Å². The summed E-state index contributed by atoms with van der Waals surface area (Å²) in [5.74, 6) is 0. The van der Waals surface area contributed by atoms with Crippen molar-refractivity contribution in [2.75, 3.05) is 19.8 Å². The third kappa shape index (κ3) is 6.89. The molecule has 0 radical (unpaired) electrons. The lowest BCUT2D eigenvalue weighted by atomic mass is 9.85. The van der Waals surface area contributed by atoms with Gasteiger partial charge in [-0.05, 0) is 6.42 Å². The predicted molar refractivity (Wildman–Crippen MR) is 65.5 cm³/mol. The van der Waals surface area contributed by atoms with Gasteiger partial charge in [-0.3, -0.25) is 0 Å². The van der Waals surface area contributed by atoms with E-state index in [2.05, 4.69) is 16.8 Å². The lowest BCUT2D eigenvalue weighted by molar-refractivity contribution is 0.00482. The number of rotatable bonds is 9. The van der Waals surface area contributed by atoms with Crippen molar-refractivity contribution in [3.8, 4) is 0 Å². The average molecular weight is 272 g/mol. The highest BCUT2D eigenvalue weighted by Gasteiger charge is 2.31. The molecule has 0 aliphatic carbocycles. The maximum atomic E-state index is 10.9. The minimum Gasteiger partial charge on any atom is -0.396 e. The van der Waals surface area contributed by atoms with Gasteiger partial charge in [0.25, 0.3) is 0 Å². The Morgan fingerprint density at radius 2 is 1.88 bits per heavy atom. The molecular weight excluding hydrogens is 251 g/mol. The van der Waals surface area contributed by atoms with Gasteiger partial charge in [-0.25, -0.2) is 4.57 Å². The van der Waals surface area contributed by atoms with Crippen LogP contribution >= 0.6 is 19.0 Å². The summed E-state index contributed by atoms with van der Waals surface area (Å²) in [6, 6.07) is 0. The summed E-state index contributed by atoms with van der Waals surface area (Å²) in [6.07, 6.45) is 3.41. The Kier molecular flexibility index (Phi) is 7.89. The van der Waals surface area contributed by atoms with Gasteiger partial charge in [0, 0.05) is 5.41 Å². The highest BCUT2D eigenvalue weighted by molar-refractivity contribution is 8.44. The van der Waals surface area contributed by atoms with Crippen LogP contribution in [0.4, 0.5) is 0 Å². The number of hydrogen-bond acceptors (Lipinski definition) is 4. The zero-order chi connectivity index (χ0) is 12.7. The van der Waals surface area contributed by atoms with E-state index < -0.39 is 12.2 Å². The van der Waals surface area contributed by atoms with E-state index in [9.17, 15) is 14.8 Å². The van der Waals surface area contributed by atoms with Crippen molar-refractivity contribution in [2.45, 2.75) is 32.6 Å². The van der Waals surface area contributed by atoms with Crippen LogP contribution in [0.3, 0.4) is 0 Å². The molecule has 1 unspecified atom stereocenters. The summed E-state index contributed by atoms with van der Waals surface area (Å²) in [7, 11) is 0. The van der Waals surface area contributed by atoms with Crippen molar-refractivity contribution >= 4 is 19.0 Å². The third-order valence-electron chi connectivity index (χ3n) is 2.52. The first kappa shape index (κ1) is 16.4. The highest BCUT2D eigenvalue weighted by atomic mass is 32.7. The quantitative estimate of drug-likeness (QED) is 0.291. The molecule has 0 aliphatic rings. The molecule has 98 valence electrons. The second-order valence-electron chi connectivity index (χ2n) is 4.04. The number of aliphatic hydroxyl groups is 2. The summed E-state index contributed by atoms with van der Waals surface area (Å²) in [6.45, 7) is -2.53. The number of unbranched alkanes of at least 4 members (excludes halogenated alkanes) is 2. The zero-order valence-electron chi connectivity index (χ0n) is 9.50. The van der Waals surface area contributed by atoms with Crippen LogP contribution in [0.15, 0.2) is 0 Å². The van der Waals surface area contributed by atoms with Crippen molar-refractivity contribution in [2.24, 2.45) is 5.41 Å². The first-order valence-corrected chi connectivity index (χ1v) is 8.04. The maximum absolute atomic E-state index is 10.9. The fraction of sp³-hybridized carbons (Fsp3) is 1.00. The van der Waals surface area contributed by atoms with Gasteiger partial charge in [-0.1, -0.05) is 38.4 Å². The van der Waals surface area contributed by atoms with Crippen molar-refractivity contribution < 1.29 is 24.2 Å². The van der Waals surface area contributed by atoms with Gasteiger partial charge >= 0.3 is 6.80 Å². The summed E-state index contributed by atoms with van der Waals surface area (Å²) < 4.78 is 15.5. The fourth-order valence-electron chi connectivity index (χ4n) is 1.34. The Labute approximate surface area is 102 Å². The smallest absolute Gasteiger partial charge is 0.383 e. The van der Waals surface area contributed by atoms with Gasteiger partial charge in [-0.2, -0.15) is 0 Å². The molecule has 0 fully saturated rings. The number of aliphatic hydroxyl groups excluding tert-OH is 2. The molecule has 0 saturated heterocycles. The molecule has 0 aliphatic heterocycles. The normalized spacial score (nSPS) is 16.1. The topological polar surface area (TPSA) is 87.0 Å². The lowest BCUT2D eigenvalue weighted by Crippen LogP contribution is -2.34. The maximum Gasteiger partial charge on any atom is 0.383 e. The molecular formula is C9H21O5PS. The number of thiol groups is 1. The van der Waals surface area contributed by atoms with Gasteiger partial charge in [0.1, 0.15) is 0 Å². The summed E-state index contributed by atoms with van der Waals surface area (Å²) >= 11 is 3.38. The Bertz CT molecular complexity index is 226. The molecule has 1 atom stereocenters. The van der Waals surface area contributed by atoms with Crippen LogP contribution in [-0.2, 0) is 9.09 Å². The molecule has 0 bridgehead atoms. The lowest BCUT2D eigenvalue weighted by Gasteiger charge is -2.29. The van der Waals surface area contributed by atoms with Crippen molar-refractivity contribution in [1.29, 1.82) is 0 Å². The van der Waals surface area contributed by atoms with E-state index in [-0.39, 0.29) is 19.8 Å². The van der Waals surface area contributed by atoms with Crippen LogP contribution in [0.1, 0.15) is 32.6 Å². The molecule has 0 spiro atoms. The highest BCUT2D eigenvalue weighted by Crippen LogP contribution is 2.48. The summed E-state index contributed by atoms with van der Waals surface area (Å²) in [5, 5.41) is 18.5. The molecule has 5 nitrogen and oxygen atoms in total. The Balaban J connectivity index is 4.26. The molecule has 0 heterocycles. The minimum atomic E-state index is -3.86. The van der Waals surface area contributed by atoms with Crippen LogP contribution in [0.25, 0.3) is 0 Å². The van der Waals surface area contributed by atoms with Gasteiger partial charge in [0.15, 0.2) is 0 Å². The predicted octanol–water partition coefficient (Wildman–Crippen LogP) is 1.58. The van der Waals surface area contributed by atoms with Crippen molar-refractivity contribution in [3.63, 3.8) is 0 Å². The van der Waals surface area contributed by atoms with Crippen LogP contribution in [0, 0.1) is 5.41 Å². The largest absolute Gasteiger partial charge is 0.396 e. The van der Waals surface area contributed by atoms with E-state index in [1.165, 1.54) is 0 Å². The monoisotopic (exact) mass is 272 g/mol. The first-order valence-electron chi connectivity index (χ1n) is 5.31. The van der Waals surface area contributed by atoms with Crippen LogP contribution in [0.5, 0.6) is 0 Å². The molecule has 0 aromatic rings. The summed E-state index contributed by atoms with van der Waals surface area (Å²) in [5.41, 5.74) is -0.851.